The maximum absolute atomic E-state index is 12.5. The summed E-state index contributed by atoms with van der Waals surface area (Å²) in [6.45, 7) is -0.949. The second-order valence-electron chi connectivity index (χ2n) is 19.2. The monoisotopic (exact) mass is 1150 g/mol. The molecule has 0 aliphatic carbocycles. The number of nitrogens with one attached hydrogen (secondary N) is 6. The van der Waals surface area contributed by atoms with Crippen molar-refractivity contribution in [1.29, 1.82) is 0 Å². The number of carbonyl (C=O) groups excluding carboxylic acids is 7. The normalized spacial score (nSPS) is 12.5. The van der Waals surface area contributed by atoms with Gasteiger partial charge in [0.25, 0.3) is 0 Å². The summed E-state index contributed by atoms with van der Waals surface area (Å²) in [5.41, 5.74) is 5.91. The van der Waals surface area contributed by atoms with Gasteiger partial charge in [0.05, 0.1) is 58.8 Å². The number of aliphatic hydroxyl groups excluding tert-OH is 1. The molecule has 460 valence electrons. The first-order valence-electron chi connectivity index (χ1n) is 27.8. The largest absolute Gasteiger partial charge is 0.481 e. The third kappa shape index (κ3) is 43.8. The van der Waals surface area contributed by atoms with Gasteiger partial charge < -0.3 is 87.0 Å². The van der Waals surface area contributed by atoms with Crippen molar-refractivity contribution in [3.8, 4) is 0 Å². The molecular formula is C52H92N8O20. The molecule has 0 fully saturated rings. The Morgan fingerprint density at radius 3 is 1.27 bits per heavy atom. The lowest BCUT2D eigenvalue weighted by atomic mass is 10.0. The van der Waals surface area contributed by atoms with Crippen molar-refractivity contribution in [3.05, 3.63) is 0 Å². The Kier molecular flexibility index (Phi) is 45.1. The average Bonchev–Trinajstić information content (AvgIpc) is 3.40. The molecule has 28 nitrogen and oxygen atoms in total. The van der Waals surface area contributed by atoms with E-state index in [9.17, 15) is 63.0 Å². The molecule has 80 heavy (non-hydrogen) atoms. The molecule has 0 spiro atoms. The van der Waals surface area contributed by atoms with E-state index in [1.165, 1.54) is 39.2 Å². The SMILES string of the molecule is CN(CC(=O)N[C@@H](CO)C(=O)O)C(=O)[C@H](N)CCCCNC(=O)CC[C@H](NC(=O)COCCOCCNC(=O)COCCOCCNC(=O)CC[C@H](NC(=O)CCCCCCCCCCCCCCCCC(=O)O)C(=O)O)C(=O)O. The van der Waals surface area contributed by atoms with Gasteiger partial charge in [-0.2, -0.15) is 0 Å². The Balaban J connectivity index is 3.91. The molecule has 7 amide bonds. The Morgan fingerprint density at radius 2 is 0.812 bits per heavy atom. The minimum Gasteiger partial charge on any atom is -0.481 e. The zero-order valence-electron chi connectivity index (χ0n) is 46.6. The highest BCUT2D eigenvalue weighted by molar-refractivity contribution is 5.89. The lowest BCUT2D eigenvalue weighted by Crippen LogP contribution is -2.50. The van der Waals surface area contributed by atoms with Gasteiger partial charge in [0.15, 0.2) is 0 Å². The van der Waals surface area contributed by atoms with Gasteiger partial charge in [-0.1, -0.05) is 77.0 Å². The third-order valence-corrected chi connectivity index (χ3v) is 12.1. The first kappa shape index (κ1) is 73.9. The molecule has 13 N–H and O–H groups in total. The third-order valence-electron chi connectivity index (χ3n) is 12.1. The second-order valence-corrected chi connectivity index (χ2v) is 19.2. The van der Waals surface area contributed by atoms with Gasteiger partial charge in [-0.15, -0.1) is 0 Å². The molecule has 0 aliphatic heterocycles. The second kappa shape index (κ2) is 48.8. The van der Waals surface area contributed by atoms with Crippen LogP contribution >= 0.6 is 0 Å². The zero-order chi connectivity index (χ0) is 59.8. The summed E-state index contributed by atoms with van der Waals surface area (Å²) in [4.78, 5) is 132. The number of amides is 7. The van der Waals surface area contributed by atoms with Crippen LogP contribution in [-0.4, -0.2) is 213 Å². The van der Waals surface area contributed by atoms with Crippen LogP contribution in [0.15, 0.2) is 0 Å². The van der Waals surface area contributed by atoms with Gasteiger partial charge >= 0.3 is 23.9 Å². The number of carboxylic acids is 4. The van der Waals surface area contributed by atoms with E-state index in [-0.39, 0.29) is 117 Å². The summed E-state index contributed by atoms with van der Waals surface area (Å²) in [5.74, 6) is -8.44. The first-order chi connectivity index (χ1) is 38.3. The number of nitrogens with zero attached hydrogens (tertiary/aromatic N) is 1. The number of unbranched alkanes of at least 4 members (excludes halogenated alkanes) is 14. The van der Waals surface area contributed by atoms with Crippen molar-refractivity contribution in [2.75, 3.05) is 92.7 Å². The molecule has 0 heterocycles. The number of hydrogen-bond acceptors (Lipinski definition) is 17. The molecule has 0 saturated heterocycles. The van der Waals surface area contributed by atoms with Crippen LogP contribution in [0.25, 0.3) is 0 Å². The number of aliphatic hydroxyl groups is 1. The van der Waals surface area contributed by atoms with E-state index in [0.29, 0.717) is 19.3 Å². The van der Waals surface area contributed by atoms with Crippen molar-refractivity contribution in [2.45, 2.75) is 172 Å². The fourth-order valence-corrected chi connectivity index (χ4v) is 7.62. The Bertz CT molecular complexity index is 1830. The van der Waals surface area contributed by atoms with Crippen LogP contribution in [0.4, 0.5) is 0 Å². The van der Waals surface area contributed by atoms with E-state index in [4.69, 9.17) is 40.0 Å². The summed E-state index contributed by atoms with van der Waals surface area (Å²) in [5, 5.41) is 60.4. The lowest BCUT2D eigenvalue weighted by molar-refractivity contribution is -0.144. The van der Waals surface area contributed by atoms with Crippen LogP contribution in [0.1, 0.15) is 148 Å². The van der Waals surface area contributed by atoms with E-state index >= 15 is 0 Å². The van der Waals surface area contributed by atoms with Gasteiger partial charge in [-0.25, -0.2) is 14.4 Å². The van der Waals surface area contributed by atoms with Crippen molar-refractivity contribution in [1.82, 2.24) is 36.8 Å². The molecule has 0 unspecified atom stereocenters. The van der Waals surface area contributed by atoms with E-state index in [0.717, 1.165) is 56.3 Å². The number of hydrogen-bond donors (Lipinski definition) is 12. The lowest BCUT2D eigenvalue weighted by Gasteiger charge is -2.21. The molecule has 0 aromatic carbocycles. The van der Waals surface area contributed by atoms with Gasteiger partial charge in [0.2, 0.25) is 41.4 Å². The minimum absolute atomic E-state index is 0.0142. The van der Waals surface area contributed by atoms with Gasteiger partial charge in [-0.3, -0.25) is 38.4 Å². The number of ether oxygens (including phenoxy) is 4. The highest BCUT2D eigenvalue weighted by atomic mass is 16.5. The average molecular weight is 1150 g/mol. The van der Waals surface area contributed by atoms with Gasteiger partial charge in [0, 0.05) is 52.4 Å². The van der Waals surface area contributed by atoms with Crippen LogP contribution in [0.2, 0.25) is 0 Å². The van der Waals surface area contributed by atoms with E-state index in [2.05, 4.69) is 31.9 Å². The van der Waals surface area contributed by atoms with E-state index in [1.54, 1.807) is 0 Å². The number of carbonyl (C=O) groups is 11. The smallest absolute Gasteiger partial charge is 0.328 e. The molecule has 0 aromatic heterocycles. The van der Waals surface area contributed by atoms with Gasteiger partial charge in [-0.05, 0) is 44.9 Å². The summed E-state index contributed by atoms with van der Waals surface area (Å²) in [7, 11) is 1.31. The van der Waals surface area contributed by atoms with Crippen molar-refractivity contribution >= 4 is 65.2 Å². The Hall–Kier alpha value is -6.07. The number of rotatable bonds is 54. The number of nitrogens with two attached hydrogens (primary N) is 1. The molecule has 0 bridgehead atoms. The summed E-state index contributed by atoms with van der Waals surface area (Å²) < 4.78 is 21.2. The topological polar surface area (TPSA) is 427 Å². The summed E-state index contributed by atoms with van der Waals surface area (Å²) in [6.07, 6.45) is 15.7. The minimum atomic E-state index is -1.51. The maximum Gasteiger partial charge on any atom is 0.328 e. The molecular weight excluding hydrogens is 1060 g/mol. The van der Waals surface area contributed by atoms with Crippen molar-refractivity contribution < 1.29 is 97.2 Å². The summed E-state index contributed by atoms with van der Waals surface area (Å²) in [6, 6.07) is -5.02. The molecule has 0 rings (SSSR count). The molecule has 4 atom stereocenters. The molecule has 0 radical (unpaired) electrons. The molecule has 28 heteroatoms. The number of likely N-dealkylation sites (N-methyl/N-ethyl adjacent to an activating group) is 1. The molecule has 0 saturated carbocycles. The van der Waals surface area contributed by atoms with E-state index < -0.39 is 103 Å². The highest BCUT2D eigenvalue weighted by Crippen LogP contribution is 2.14. The van der Waals surface area contributed by atoms with Gasteiger partial charge in [0.1, 0.15) is 31.3 Å². The van der Waals surface area contributed by atoms with Crippen LogP contribution in [0.3, 0.4) is 0 Å². The van der Waals surface area contributed by atoms with Crippen LogP contribution in [0.5, 0.6) is 0 Å². The predicted octanol–water partition coefficient (Wildman–Crippen LogP) is -0.0555. The summed E-state index contributed by atoms with van der Waals surface area (Å²) >= 11 is 0. The maximum atomic E-state index is 12.5. The number of aliphatic carboxylic acids is 4. The van der Waals surface area contributed by atoms with Crippen LogP contribution in [0, 0.1) is 0 Å². The van der Waals surface area contributed by atoms with Crippen LogP contribution < -0.4 is 37.6 Å². The zero-order valence-corrected chi connectivity index (χ0v) is 46.6. The highest BCUT2D eigenvalue weighted by Gasteiger charge is 2.25. The first-order valence-corrected chi connectivity index (χ1v) is 27.8. The molecule has 0 aliphatic rings. The van der Waals surface area contributed by atoms with Crippen LogP contribution in [-0.2, 0) is 71.7 Å². The number of carboxylic acid groups (broad SMARTS) is 4. The van der Waals surface area contributed by atoms with Crippen molar-refractivity contribution in [2.24, 2.45) is 5.73 Å². The van der Waals surface area contributed by atoms with Crippen molar-refractivity contribution in [3.63, 3.8) is 0 Å². The predicted molar refractivity (Wildman–Crippen MR) is 288 cm³/mol. The van der Waals surface area contributed by atoms with E-state index in [1.807, 2.05) is 0 Å². The standard InChI is InChI=1S/C52H92N8O20/c1-60(34-45(65)59-41(35-61)52(75)76)49(70)38(53)18-16-17-25-54-42(62)23-22-40(51(73)74)58-47(67)37-80-33-31-78-29-27-56-46(66)36-79-32-30-77-28-26-55-43(63)24-21-39(50(71)72)57-44(64)19-14-12-10-8-6-4-2-3-5-7-9-11-13-15-20-48(68)69/h38-41,61H,2-37,53H2,1H3,(H,54,62)(H,55,63)(H,56,66)(H,57,64)(H,58,67)(H,59,65)(H,68,69)(H,71,72)(H,73,74)(H,75,76)/t38-,39+,40+,41+/m1/s1. The fourth-order valence-electron chi connectivity index (χ4n) is 7.62. The Morgan fingerprint density at radius 1 is 0.412 bits per heavy atom. The Labute approximate surface area is 468 Å². The molecule has 0 aromatic rings. The fraction of sp³-hybridized carbons (Fsp3) is 0.788. The quantitative estimate of drug-likeness (QED) is 0.0355.